The lowest BCUT2D eigenvalue weighted by Crippen LogP contribution is -2.49. The van der Waals surface area contributed by atoms with E-state index in [2.05, 4.69) is 0 Å². The predicted molar refractivity (Wildman–Crippen MR) is 122 cm³/mol. The van der Waals surface area contributed by atoms with Crippen LogP contribution in [-0.2, 0) is 18.9 Å². The zero-order valence-electron chi connectivity index (χ0n) is 19.6. The van der Waals surface area contributed by atoms with Crippen molar-refractivity contribution in [3.63, 3.8) is 0 Å². The molecule has 0 bridgehead atoms. The summed E-state index contributed by atoms with van der Waals surface area (Å²) in [5.41, 5.74) is 0.0821. The monoisotopic (exact) mass is 424 g/mol. The van der Waals surface area contributed by atoms with Gasteiger partial charge in [0.05, 0.1) is 5.60 Å². The molecule has 3 fully saturated rings. The fraction of sp³-hybridized carbons (Fsp3) is 1.00. The van der Waals surface area contributed by atoms with E-state index in [1.807, 2.05) is 0 Å². The molecule has 1 heterocycles. The van der Waals surface area contributed by atoms with Crippen molar-refractivity contribution < 1.29 is 18.9 Å². The standard InChI is InChI=1S/C26H48O4/c1-3-12-24(13-4-1)26(25-14-5-2-6-15-25)16-9-19-29-21-10-20-27-17-7-8-18-28-22-11-23-30-26/h24-25H,1-23H2. The van der Waals surface area contributed by atoms with Crippen molar-refractivity contribution in [1.29, 1.82) is 0 Å². The van der Waals surface area contributed by atoms with Gasteiger partial charge in [0, 0.05) is 46.2 Å². The van der Waals surface area contributed by atoms with Gasteiger partial charge in [0.25, 0.3) is 0 Å². The minimum absolute atomic E-state index is 0.0821. The van der Waals surface area contributed by atoms with Crippen LogP contribution in [0.1, 0.15) is 103 Å². The van der Waals surface area contributed by atoms with Crippen molar-refractivity contribution in [2.75, 3.05) is 46.2 Å². The molecule has 4 nitrogen and oxygen atoms in total. The van der Waals surface area contributed by atoms with Gasteiger partial charge in [-0.25, -0.2) is 0 Å². The third-order valence-corrected chi connectivity index (χ3v) is 7.66. The quantitative estimate of drug-likeness (QED) is 0.521. The molecule has 2 aliphatic carbocycles. The Bertz CT molecular complexity index is 377. The highest BCUT2D eigenvalue weighted by atomic mass is 16.5. The van der Waals surface area contributed by atoms with Crippen LogP contribution in [0.25, 0.3) is 0 Å². The lowest BCUT2D eigenvalue weighted by atomic mass is 9.64. The van der Waals surface area contributed by atoms with Gasteiger partial charge < -0.3 is 18.9 Å². The maximum Gasteiger partial charge on any atom is 0.0739 e. The molecule has 1 saturated heterocycles. The SMILES string of the molecule is C1CCC(C2(C3CCCCC3)CCCOCCCOCCCCOCCCO2)CC1. The van der Waals surface area contributed by atoms with Crippen LogP contribution in [0.5, 0.6) is 0 Å². The Morgan fingerprint density at radius 1 is 0.400 bits per heavy atom. The Kier molecular flexibility index (Phi) is 12.1. The highest BCUT2D eigenvalue weighted by molar-refractivity contribution is 4.96. The van der Waals surface area contributed by atoms with Crippen molar-refractivity contribution in [1.82, 2.24) is 0 Å². The number of rotatable bonds is 2. The van der Waals surface area contributed by atoms with Crippen LogP contribution in [-0.4, -0.2) is 51.8 Å². The van der Waals surface area contributed by atoms with Crippen molar-refractivity contribution in [3.8, 4) is 0 Å². The first-order chi connectivity index (χ1) is 14.9. The van der Waals surface area contributed by atoms with Gasteiger partial charge in [-0.05, 0) is 76.0 Å². The zero-order chi connectivity index (χ0) is 20.7. The summed E-state index contributed by atoms with van der Waals surface area (Å²) in [6, 6.07) is 0. The van der Waals surface area contributed by atoms with Crippen LogP contribution in [0.4, 0.5) is 0 Å². The van der Waals surface area contributed by atoms with Crippen LogP contribution >= 0.6 is 0 Å². The van der Waals surface area contributed by atoms with Gasteiger partial charge in [-0.2, -0.15) is 0 Å². The Morgan fingerprint density at radius 2 is 0.833 bits per heavy atom. The first-order valence-electron chi connectivity index (χ1n) is 13.3. The van der Waals surface area contributed by atoms with E-state index in [-0.39, 0.29) is 5.60 Å². The Balaban J connectivity index is 1.63. The molecule has 176 valence electrons. The minimum Gasteiger partial charge on any atom is -0.381 e. The van der Waals surface area contributed by atoms with Crippen LogP contribution in [0.15, 0.2) is 0 Å². The summed E-state index contributed by atoms with van der Waals surface area (Å²) in [5, 5.41) is 0. The maximum atomic E-state index is 7.00. The normalized spacial score (nSPS) is 28.4. The average Bonchev–Trinajstić information content (AvgIpc) is 2.80. The molecule has 3 aliphatic rings. The fourth-order valence-electron chi connectivity index (χ4n) is 6.08. The number of ether oxygens (including phenoxy) is 4. The Labute approximate surface area is 185 Å². The molecule has 1 aliphatic heterocycles. The molecular formula is C26H48O4. The van der Waals surface area contributed by atoms with E-state index < -0.39 is 0 Å². The van der Waals surface area contributed by atoms with E-state index in [9.17, 15) is 0 Å². The highest BCUT2D eigenvalue weighted by Crippen LogP contribution is 2.47. The van der Waals surface area contributed by atoms with Gasteiger partial charge in [0.15, 0.2) is 0 Å². The Hall–Kier alpha value is -0.160. The lowest BCUT2D eigenvalue weighted by Gasteiger charge is -2.49. The van der Waals surface area contributed by atoms with Gasteiger partial charge >= 0.3 is 0 Å². The van der Waals surface area contributed by atoms with E-state index in [1.165, 1.54) is 70.6 Å². The average molecular weight is 425 g/mol. The van der Waals surface area contributed by atoms with E-state index in [4.69, 9.17) is 18.9 Å². The number of hydrogen-bond donors (Lipinski definition) is 0. The molecule has 0 aromatic rings. The van der Waals surface area contributed by atoms with E-state index in [0.717, 1.165) is 90.2 Å². The van der Waals surface area contributed by atoms with Crippen LogP contribution in [0.2, 0.25) is 0 Å². The molecule has 0 aromatic heterocycles. The second kappa shape index (κ2) is 14.8. The summed E-state index contributed by atoms with van der Waals surface area (Å²) in [6.45, 7) is 5.89. The zero-order valence-corrected chi connectivity index (χ0v) is 19.6. The summed E-state index contributed by atoms with van der Waals surface area (Å²) < 4.78 is 24.6. The first kappa shape index (κ1) is 24.5. The van der Waals surface area contributed by atoms with Gasteiger partial charge in [0.2, 0.25) is 0 Å². The molecule has 0 spiro atoms. The topological polar surface area (TPSA) is 36.9 Å². The summed E-state index contributed by atoms with van der Waals surface area (Å²) in [4.78, 5) is 0. The summed E-state index contributed by atoms with van der Waals surface area (Å²) in [5.74, 6) is 1.49. The van der Waals surface area contributed by atoms with Crippen LogP contribution < -0.4 is 0 Å². The van der Waals surface area contributed by atoms with E-state index >= 15 is 0 Å². The Morgan fingerprint density at radius 3 is 1.37 bits per heavy atom. The number of hydrogen-bond acceptors (Lipinski definition) is 4. The van der Waals surface area contributed by atoms with Gasteiger partial charge in [-0.15, -0.1) is 0 Å². The third-order valence-electron chi connectivity index (χ3n) is 7.66. The lowest BCUT2D eigenvalue weighted by molar-refractivity contribution is -0.152. The van der Waals surface area contributed by atoms with Crippen molar-refractivity contribution in [2.45, 2.75) is 108 Å². The summed E-state index contributed by atoms with van der Waals surface area (Å²) in [7, 11) is 0. The van der Waals surface area contributed by atoms with Crippen molar-refractivity contribution >= 4 is 0 Å². The fourth-order valence-corrected chi connectivity index (χ4v) is 6.08. The van der Waals surface area contributed by atoms with Crippen molar-refractivity contribution in [2.24, 2.45) is 11.8 Å². The summed E-state index contributed by atoms with van der Waals surface area (Å²) >= 11 is 0. The van der Waals surface area contributed by atoms with E-state index in [1.54, 1.807) is 0 Å². The smallest absolute Gasteiger partial charge is 0.0739 e. The molecule has 30 heavy (non-hydrogen) atoms. The van der Waals surface area contributed by atoms with Crippen molar-refractivity contribution in [3.05, 3.63) is 0 Å². The molecule has 3 rings (SSSR count). The molecule has 0 unspecified atom stereocenters. The highest BCUT2D eigenvalue weighted by Gasteiger charge is 2.46. The van der Waals surface area contributed by atoms with Gasteiger partial charge in [-0.3, -0.25) is 0 Å². The molecule has 0 radical (unpaired) electrons. The van der Waals surface area contributed by atoms with Gasteiger partial charge in [-0.1, -0.05) is 38.5 Å². The first-order valence-corrected chi connectivity index (χ1v) is 13.3. The molecule has 0 aromatic carbocycles. The second-order valence-electron chi connectivity index (χ2n) is 9.83. The summed E-state index contributed by atoms with van der Waals surface area (Å²) in [6.07, 6.45) is 20.4. The molecule has 2 saturated carbocycles. The predicted octanol–water partition coefficient (Wildman–Crippen LogP) is 6.31. The molecule has 0 atom stereocenters. The molecule has 4 heteroatoms. The second-order valence-corrected chi connectivity index (χ2v) is 9.83. The molecule has 0 amide bonds. The van der Waals surface area contributed by atoms with E-state index in [0.29, 0.717) is 0 Å². The molecular weight excluding hydrogens is 376 g/mol. The maximum absolute atomic E-state index is 7.00. The van der Waals surface area contributed by atoms with Gasteiger partial charge in [0.1, 0.15) is 0 Å². The van der Waals surface area contributed by atoms with Crippen LogP contribution in [0.3, 0.4) is 0 Å². The largest absolute Gasteiger partial charge is 0.381 e. The van der Waals surface area contributed by atoms with Crippen LogP contribution in [0, 0.1) is 11.8 Å². The third kappa shape index (κ3) is 8.07. The molecule has 0 N–H and O–H groups in total. The minimum atomic E-state index is 0.0821.